The second-order valence-corrected chi connectivity index (χ2v) is 4.07. The zero-order valence-corrected chi connectivity index (χ0v) is 10.7. The Morgan fingerprint density at radius 2 is 2.16 bits per heavy atom. The van der Waals surface area contributed by atoms with Crippen molar-refractivity contribution in [3.05, 3.63) is 38.9 Å². The number of carbonyl (C=O) groups excluding carboxylic acids is 1. The second-order valence-electron chi connectivity index (χ2n) is 3.66. The molecule has 19 heavy (non-hydrogen) atoms. The van der Waals surface area contributed by atoms with E-state index in [0.717, 1.165) is 6.07 Å². The van der Waals surface area contributed by atoms with E-state index in [1.165, 1.54) is 12.1 Å². The molecule has 0 bridgehead atoms. The van der Waals surface area contributed by atoms with Crippen LogP contribution in [0.2, 0.25) is 5.02 Å². The Balaban J connectivity index is 3.12. The summed E-state index contributed by atoms with van der Waals surface area (Å²) in [5.41, 5.74) is -0.806. The maximum absolute atomic E-state index is 11.9. The fourth-order valence-electron chi connectivity index (χ4n) is 1.46. The minimum absolute atomic E-state index is 0.105. The van der Waals surface area contributed by atoms with E-state index in [0.29, 0.717) is 0 Å². The average Bonchev–Trinajstić information content (AvgIpc) is 2.34. The molecule has 0 aromatic heterocycles. The molecule has 0 saturated carbocycles. The molecule has 7 nitrogen and oxygen atoms in total. The summed E-state index contributed by atoms with van der Waals surface area (Å²) < 4.78 is 0. The van der Waals surface area contributed by atoms with Crippen LogP contribution in [0.5, 0.6) is 0 Å². The Labute approximate surface area is 113 Å². The van der Waals surface area contributed by atoms with Crippen LogP contribution in [-0.2, 0) is 4.79 Å². The maximum Gasteiger partial charge on any atom is 0.326 e. The first-order valence-electron chi connectivity index (χ1n) is 5.35. The number of hydrogen-bond donors (Lipinski definition) is 2. The minimum Gasteiger partial charge on any atom is -0.480 e. The minimum atomic E-state index is -1.22. The van der Waals surface area contributed by atoms with E-state index in [2.05, 4.69) is 5.32 Å². The van der Waals surface area contributed by atoms with E-state index in [4.69, 9.17) is 16.7 Å². The van der Waals surface area contributed by atoms with Gasteiger partial charge in [0.25, 0.3) is 11.6 Å². The maximum atomic E-state index is 11.9. The molecule has 1 aromatic rings. The summed E-state index contributed by atoms with van der Waals surface area (Å²) in [7, 11) is 0. The molecule has 0 aliphatic rings. The van der Waals surface area contributed by atoms with Gasteiger partial charge in [-0.15, -0.1) is 0 Å². The van der Waals surface area contributed by atoms with Crippen molar-refractivity contribution in [2.75, 3.05) is 0 Å². The highest BCUT2D eigenvalue weighted by atomic mass is 35.5. The van der Waals surface area contributed by atoms with E-state index < -0.39 is 28.5 Å². The van der Waals surface area contributed by atoms with E-state index in [-0.39, 0.29) is 17.0 Å². The molecule has 0 saturated heterocycles. The predicted molar refractivity (Wildman–Crippen MR) is 67.3 cm³/mol. The monoisotopic (exact) mass is 286 g/mol. The first-order valence-corrected chi connectivity index (χ1v) is 5.72. The molecule has 1 amide bonds. The fraction of sp³-hybridized carbons (Fsp3) is 0.273. The Morgan fingerprint density at radius 1 is 1.53 bits per heavy atom. The van der Waals surface area contributed by atoms with Crippen molar-refractivity contribution in [3.8, 4) is 0 Å². The van der Waals surface area contributed by atoms with Gasteiger partial charge >= 0.3 is 5.97 Å². The molecule has 0 heterocycles. The van der Waals surface area contributed by atoms with Crippen LogP contribution >= 0.6 is 11.6 Å². The Bertz CT molecular complexity index is 532. The third kappa shape index (κ3) is 3.41. The highest BCUT2D eigenvalue weighted by molar-refractivity contribution is 6.34. The highest BCUT2D eigenvalue weighted by Gasteiger charge is 2.26. The van der Waals surface area contributed by atoms with Crippen LogP contribution in [0.4, 0.5) is 5.69 Å². The lowest BCUT2D eigenvalue weighted by molar-refractivity contribution is -0.385. The second kappa shape index (κ2) is 6.14. The van der Waals surface area contributed by atoms with Crippen molar-refractivity contribution in [2.45, 2.75) is 19.4 Å². The summed E-state index contributed by atoms with van der Waals surface area (Å²) in [6, 6.07) is 2.67. The van der Waals surface area contributed by atoms with Crippen LogP contribution in [0.1, 0.15) is 23.7 Å². The number of nitro groups is 1. The zero-order chi connectivity index (χ0) is 14.6. The van der Waals surface area contributed by atoms with Crippen molar-refractivity contribution < 1.29 is 19.6 Å². The van der Waals surface area contributed by atoms with Crippen molar-refractivity contribution in [1.29, 1.82) is 0 Å². The largest absolute Gasteiger partial charge is 0.480 e. The fourth-order valence-corrected chi connectivity index (χ4v) is 1.71. The highest BCUT2D eigenvalue weighted by Crippen LogP contribution is 2.26. The number of aliphatic carboxylic acids is 1. The molecular weight excluding hydrogens is 276 g/mol. The molecule has 0 aliphatic carbocycles. The smallest absolute Gasteiger partial charge is 0.326 e. The number of nitrogens with one attached hydrogen (secondary N) is 1. The molecule has 102 valence electrons. The van der Waals surface area contributed by atoms with Gasteiger partial charge in [-0.25, -0.2) is 4.79 Å². The van der Waals surface area contributed by atoms with Gasteiger partial charge in [0, 0.05) is 6.07 Å². The zero-order valence-electron chi connectivity index (χ0n) is 9.92. The number of rotatable bonds is 5. The topological polar surface area (TPSA) is 110 Å². The van der Waals surface area contributed by atoms with E-state index >= 15 is 0 Å². The van der Waals surface area contributed by atoms with Crippen molar-refractivity contribution in [3.63, 3.8) is 0 Å². The summed E-state index contributed by atoms with van der Waals surface area (Å²) >= 11 is 5.76. The van der Waals surface area contributed by atoms with Gasteiger partial charge in [-0.3, -0.25) is 14.9 Å². The van der Waals surface area contributed by atoms with Crippen LogP contribution in [0.25, 0.3) is 0 Å². The Morgan fingerprint density at radius 3 is 2.63 bits per heavy atom. The summed E-state index contributed by atoms with van der Waals surface area (Å²) in [4.78, 5) is 32.8. The number of carbonyl (C=O) groups is 2. The molecule has 0 fully saturated rings. The number of halogens is 1. The van der Waals surface area contributed by atoms with Gasteiger partial charge in [0.15, 0.2) is 0 Å². The first kappa shape index (κ1) is 14.9. The molecule has 1 aromatic carbocycles. The van der Waals surface area contributed by atoms with Crippen molar-refractivity contribution in [1.82, 2.24) is 5.32 Å². The van der Waals surface area contributed by atoms with Crippen molar-refractivity contribution in [2.24, 2.45) is 0 Å². The summed E-state index contributed by atoms with van der Waals surface area (Å²) in [6.07, 6.45) is 0.152. The molecule has 0 spiro atoms. The number of nitro benzene ring substituents is 1. The molecule has 2 N–H and O–H groups in total. The molecule has 1 atom stereocenters. The normalized spacial score (nSPS) is 11.7. The number of carboxylic acids is 1. The lowest BCUT2D eigenvalue weighted by Gasteiger charge is -2.12. The van der Waals surface area contributed by atoms with Crippen LogP contribution in [0, 0.1) is 10.1 Å². The third-order valence-corrected chi connectivity index (χ3v) is 2.74. The summed E-state index contributed by atoms with van der Waals surface area (Å²) in [5.74, 6) is -2.10. The third-order valence-electron chi connectivity index (χ3n) is 2.43. The molecular formula is C11H11ClN2O5. The summed E-state index contributed by atoms with van der Waals surface area (Å²) in [6.45, 7) is 1.57. The van der Waals surface area contributed by atoms with Gasteiger partial charge in [-0.1, -0.05) is 24.6 Å². The summed E-state index contributed by atoms with van der Waals surface area (Å²) in [5, 5.41) is 21.7. The van der Waals surface area contributed by atoms with Gasteiger partial charge in [-0.05, 0) is 12.5 Å². The molecule has 0 unspecified atom stereocenters. The number of benzene rings is 1. The SMILES string of the molecule is CC[C@@H](NC(=O)c1c(Cl)cccc1[N+](=O)[O-])C(=O)O. The molecule has 0 aliphatic heterocycles. The Hall–Kier alpha value is -2.15. The quantitative estimate of drug-likeness (QED) is 0.634. The number of amides is 1. The Kier molecular flexibility index (Phi) is 4.82. The number of hydrogen-bond acceptors (Lipinski definition) is 4. The van der Waals surface area contributed by atoms with E-state index in [1.807, 2.05) is 0 Å². The van der Waals surface area contributed by atoms with Gasteiger partial charge in [0.2, 0.25) is 0 Å². The molecule has 1 rings (SSSR count). The van der Waals surface area contributed by atoms with Gasteiger partial charge in [-0.2, -0.15) is 0 Å². The van der Waals surface area contributed by atoms with Crippen LogP contribution in [0.3, 0.4) is 0 Å². The molecule has 8 heteroatoms. The van der Waals surface area contributed by atoms with Gasteiger partial charge in [0.05, 0.1) is 9.95 Å². The predicted octanol–water partition coefficient (Wildman–Crippen LogP) is 1.84. The molecule has 0 radical (unpaired) electrons. The first-order chi connectivity index (χ1) is 8.88. The van der Waals surface area contributed by atoms with Gasteiger partial charge < -0.3 is 10.4 Å². The lowest BCUT2D eigenvalue weighted by Crippen LogP contribution is -2.40. The lowest BCUT2D eigenvalue weighted by atomic mass is 10.1. The van der Waals surface area contributed by atoms with Crippen LogP contribution < -0.4 is 5.32 Å². The van der Waals surface area contributed by atoms with E-state index in [9.17, 15) is 19.7 Å². The number of nitrogens with zero attached hydrogens (tertiary/aromatic N) is 1. The van der Waals surface area contributed by atoms with Crippen molar-refractivity contribution >= 4 is 29.2 Å². The number of carboxylic acid groups (broad SMARTS) is 1. The van der Waals surface area contributed by atoms with Crippen LogP contribution in [-0.4, -0.2) is 27.9 Å². The van der Waals surface area contributed by atoms with E-state index in [1.54, 1.807) is 6.92 Å². The van der Waals surface area contributed by atoms with Gasteiger partial charge in [0.1, 0.15) is 11.6 Å². The standard InChI is InChI=1S/C11H11ClN2O5/c1-2-7(11(16)17)13-10(15)9-6(12)4-3-5-8(9)14(18)19/h3-5,7H,2H2,1H3,(H,13,15)(H,16,17)/t7-/m1/s1. The van der Waals surface area contributed by atoms with Crippen LogP contribution in [0.15, 0.2) is 18.2 Å². The average molecular weight is 287 g/mol.